The van der Waals surface area contributed by atoms with Gasteiger partial charge in [0.2, 0.25) is 0 Å². The lowest BCUT2D eigenvalue weighted by molar-refractivity contribution is 0.193. The van der Waals surface area contributed by atoms with Crippen molar-refractivity contribution in [3.8, 4) is 0 Å². The Balaban J connectivity index is -0.000000427. The van der Waals surface area contributed by atoms with Crippen molar-refractivity contribution in [2.24, 2.45) is 0 Å². The summed E-state index contributed by atoms with van der Waals surface area (Å²) in [6.07, 6.45) is 12.0. The maximum Gasteiger partial charge on any atom is 0.469 e. The second kappa shape index (κ2) is 21.4. The molecule has 0 bridgehead atoms. The first-order valence-electron chi connectivity index (χ1n) is 6.76. The van der Waals surface area contributed by atoms with Crippen molar-refractivity contribution in [1.29, 1.82) is 0 Å². The molecule has 0 aliphatic carbocycles. The normalized spacial score (nSPS) is 10.2. The summed E-state index contributed by atoms with van der Waals surface area (Å²) in [6.45, 7) is 2.39. The predicted octanol–water partition coefficient (Wildman–Crippen LogP) is 1.27. The topological polar surface area (TPSA) is 66.8 Å². The van der Waals surface area contributed by atoms with E-state index in [1.54, 1.807) is 0 Å². The van der Waals surface area contributed by atoms with E-state index in [0.29, 0.717) is 0 Å². The fourth-order valence-electron chi connectivity index (χ4n) is 1.77. The van der Waals surface area contributed by atoms with Crippen LogP contribution in [-0.2, 0) is 9.09 Å². The molecule has 0 radical (unpaired) electrons. The molecule has 0 atom stereocenters. The van der Waals surface area contributed by atoms with Crippen LogP contribution in [0.25, 0.3) is 0 Å². The largest absolute Gasteiger partial charge is 0.469 e. The Morgan fingerprint density at radius 3 is 1.45 bits per heavy atom. The minimum absolute atomic E-state index is 0. The van der Waals surface area contributed by atoms with Crippen molar-refractivity contribution in [3.63, 3.8) is 0 Å². The predicted molar refractivity (Wildman–Crippen MR) is 95.5 cm³/mol. The van der Waals surface area contributed by atoms with Crippen LogP contribution in [0.3, 0.4) is 0 Å². The summed E-state index contributed by atoms with van der Waals surface area (Å²) in [7, 11) is -4.24. The van der Waals surface area contributed by atoms with Crippen molar-refractivity contribution in [2.45, 2.75) is 71.1 Å². The molecule has 0 amide bonds. The maximum absolute atomic E-state index is 10.4. The Hall–Kier alpha value is 2.41. The third-order valence-corrected chi connectivity index (χ3v) is 3.28. The number of hydrogen-bond donors (Lipinski definition) is 2. The van der Waals surface area contributed by atoms with E-state index in [2.05, 4.69) is 11.4 Å². The highest BCUT2D eigenvalue weighted by atomic mass is 31.2. The highest BCUT2D eigenvalue weighted by Crippen LogP contribution is 2.35. The molecule has 0 saturated heterocycles. The lowest BCUT2D eigenvalue weighted by atomic mass is 10.1. The highest BCUT2D eigenvalue weighted by Gasteiger charge is 2.12. The van der Waals surface area contributed by atoms with Crippen molar-refractivity contribution < 1.29 is 18.9 Å². The van der Waals surface area contributed by atoms with E-state index in [1.165, 1.54) is 44.9 Å². The zero-order chi connectivity index (χ0) is 13.0. The Labute approximate surface area is 172 Å². The first-order chi connectivity index (χ1) is 8.06. The number of phosphoric ester groups is 1. The van der Waals surface area contributed by atoms with Crippen LogP contribution < -0.4 is 0 Å². The average Bonchev–Trinajstić information content (AvgIpc) is 2.24. The second-order valence-electron chi connectivity index (χ2n) is 4.51. The van der Waals surface area contributed by atoms with Gasteiger partial charge in [-0.15, -0.1) is 0 Å². The molecule has 0 rings (SSSR count). The molecule has 116 valence electrons. The first kappa shape index (κ1) is 30.3. The number of rotatable bonds is 12. The SMILES string of the molecule is CCCCCCCCCCCCOP(=O)(O)O.[MgH2].[MgH2].[MgH2]. The van der Waals surface area contributed by atoms with Crippen molar-refractivity contribution >= 4 is 77.0 Å². The van der Waals surface area contributed by atoms with E-state index in [4.69, 9.17) is 9.79 Å². The molecule has 0 aromatic rings. The second-order valence-corrected chi connectivity index (χ2v) is 5.75. The molecule has 0 aliphatic heterocycles. The van der Waals surface area contributed by atoms with Crippen LogP contribution in [0.15, 0.2) is 0 Å². The number of hydrogen-bond acceptors (Lipinski definition) is 2. The van der Waals surface area contributed by atoms with Crippen LogP contribution in [0.4, 0.5) is 0 Å². The van der Waals surface area contributed by atoms with Gasteiger partial charge in [0.15, 0.2) is 0 Å². The number of phosphoric acid groups is 1. The molecule has 0 fully saturated rings. The minimum Gasteiger partial charge on any atom is -0.303 e. The van der Waals surface area contributed by atoms with Crippen LogP contribution in [0.2, 0.25) is 0 Å². The smallest absolute Gasteiger partial charge is 0.303 e. The Morgan fingerprint density at radius 1 is 0.750 bits per heavy atom. The van der Waals surface area contributed by atoms with E-state index in [1.807, 2.05) is 0 Å². The zero-order valence-electron chi connectivity index (χ0n) is 10.9. The van der Waals surface area contributed by atoms with E-state index in [-0.39, 0.29) is 75.8 Å². The molecule has 0 spiro atoms. The van der Waals surface area contributed by atoms with E-state index < -0.39 is 7.82 Å². The van der Waals surface area contributed by atoms with Gasteiger partial charge < -0.3 is 9.79 Å². The molecule has 4 nitrogen and oxygen atoms in total. The van der Waals surface area contributed by atoms with Crippen LogP contribution in [0.1, 0.15) is 71.1 Å². The average molecular weight is 345 g/mol. The molecular formula is C12H33Mg3O4P. The number of unbranched alkanes of at least 4 members (excludes halogenated alkanes) is 9. The molecule has 0 aromatic carbocycles. The van der Waals surface area contributed by atoms with Gasteiger partial charge in [0.25, 0.3) is 0 Å². The van der Waals surface area contributed by atoms with Gasteiger partial charge in [0.05, 0.1) is 6.61 Å². The van der Waals surface area contributed by atoms with Crippen molar-refractivity contribution in [2.75, 3.05) is 6.61 Å². The standard InChI is InChI=1S/C12H27O4P.3Mg.6H/c1-2-3-4-5-6-7-8-9-10-11-12-16-17(13,14)15;;;;;;;;;/h2-12H2,1H3,(H2,13,14,15);;;;;;;;;. The monoisotopic (exact) mass is 344 g/mol. The summed E-state index contributed by atoms with van der Waals surface area (Å²) < 4.78 is 14.7. The molecule has 0 heterocycles. The van der Waals surface area contributed by atoms with Crippen LogP contribution in [-0.4, -0.2) is 85.6 Å². The molecule has 8 heteroatoms. The Kier molecular flexibility index (Phi) is 32.4. The highest BCUT2D eigenvalue weighted by molar-refractivity contribution is 7.46. The lowest BCUT2D eigenvalue weighted by Gasteiger charge is -2.05. The molecule has 0 saturated carbocycles. The van der Waals surface area contributed by atoms with Gasteiger partial charge in [-0.25, -0.2) is 4.57 Å². The summed E-state index contributed by atoms with van der Waals surface area (Å²) in [5.41, 5.74) is 0. The summed E-state index contributed by atoms with van der Waals surface area (Å²) in [5, 5.41) is 0. The van der Waals surface area contributed by atoms with Gasteiger partial charge >= 0.3 is 77.0 Å². The first-order valence-corrected chi connectivity index (χ1v) is 8.29. The van der Waals surface area contributed by atoms with Crippen LogP contribution >= 0.6 is 7.82 Å². The van der Waals surface area contributed by atoms with Gasteiger partial charge in [0.1, 0.15) is 0 Å². The third kappa shape index (κ3) is 28.6. The summed E-state index contributed by atoms with van der Waals surface area (Å²) in [6, 6.07) is 0. The fraction of sp³-hybridized carbons (Fsp3) is 1.00. The molecule has 20 heavy (non-hydrogen) atoms. The van der Waals surface area contributed by atoms with Crippen molar-refractivity contribution in [1.82, 2.24) is 0 Å². The van der Waals surface area contributed by atoms with Crippen LogP contribution in [0, 0.1) is 0 Å². The summed E-state index contributed by atoms with van der Waals surface area (Å²) in [5.74, 6) is 0. The molecular weight excluding hydrogens is 312 g/mol. The lowest BCUT2D eigenvalue weighted by Crippen LogP contribution is -1.92. The molecule has 2 N–H and O–H groups in total. The summed E-state index contributed by atoms with van der Waals surface area (Å²) in [4.78, 5) is 16.9. The molecule has 0 aromatic heterocycles. The fourth-order valence-corrected chi connectivity index (χ4v) is 2.14. The van der Waals surface area contributed by atoms with Crippen molar-refractivity contribution in [3.05, 3.63) is 0 Å². The van der Waals surface area contributed by atoms with E-state index in [9.17, 15) is 4.57 Å². The molecule has 0 unspecified atom stereocenters. The summed E-state index contributed by atoms with van der Waals surface area (Å²) >= 11 is 0. The van der Waals surface area contributed by atoms with E-state index in [0.717, 1.165) is 19.3 Å². The van der Waals surface area contributed by atoms with Gasteiger partial charge in [-0.1, -0.05) is 64.7 Å². The zero-order valence-corrected chi connectivity index (χ0v) is 11.8. The Morgan fingerprint density at radius 2 is 1.10 bits per heavy atom. The van der Waals surface area contributed by atoms with Gasteiger partial charge in [-0.3, -0.25) is 4.52 Å². The maximum atomic E-state index is 10.4. The van der Waals surface area contributed by atoms with Gasteiger partial charge in [-0.05, 0) is 6.42 Å². The van der Waals surface area contributed by atoms with Gasteiger partial charge in [-0.2, -0.15) is 0 Å². The van der Waals surface area contributed by atoms with E-state index >= 15 is 0 Å². The Bertz CT molecular complexity index is 215. The minimum atomic E-state index is -4.24. The third-order valence-electron chi connectivity index (χ3n) is 2.76. The van der Waals surface area contributed by atoms with Gasteiger partial charge in [0, 0.05) is 0 Å². The molecule has 0 aliphatic rings. The quantitative estimate of drug-likeness (QED) is 0.318. The van der Waals surface area contributed by atoms with Crippen LogP contribution in [0.5, 0.6) is 0 Å².